The topological polar surface area (TPSA) is 50.7 Å². The van der Waals surface area contributed by atoms with Gasteiger partial charge in [0.1, 0.15) is 0 Å². The lowest BCUT2D eigenvalue weighted by molar-refractivity contribution is 0.0668. The lowest BCUT2D eigenvalue weighted by atomic mass is 9.95. The fraction of sp³-hybridized carbons (Fsp3) is 1.00. The summed E-state index contributed by atoms with van der Waals surface area (Å²) in [5.41, 5.74) is -0.103. The fourth-order valence-corrected chi connectivity index (χ4v) is 1.88. The molecule has 2 N–H and O–H groups in total. The van der Waals surface area contributed by atoms with Crippen molar-refractivity contribution in [3.63, 3.8) is 0 Å². The zero-order valence-electron chi connectivity index (χ0n) is 11.2. The van der Waals surface area contributed by atoms with Gasteiger partial charge in [-0.2, -0.15) is 0 Å². The van der Waals surface area contributed by atoms with E-state index in [0.717, 1.165) is 25.9 Å². The molecule has 4 nitrogen and oxygen atoms in total. The molecule has 17 heavy (non-hydrogen) atoms. The zero-order valence-corrected chi connectivity index (χ0v) is 11.2. The van der Waals surface area contributed by atoms with Gasteiger partial charge in [0.05, 0.1) is 19.8 Å². The van der Waals surface area contributed by atoms with Crippen molar-refractivity contribution >= 4 is 0 Å². The molecular weight excluding hydrogens is 218 g/mol. The van der Waals surface area contributed by atoms with E-state index in [1.165, 1.54) is 12.8 Å². The minimum Gasteiger partial charge on any atom is -0.394 e. The molecule has 0 radical (unpaired) electrons. The molecule has 0 aromatic carbocycles. The first-order valence-electron chi connectivity index (χ1n) is 6.65. The predicted molar refractivity (Wildman–Crippen MR) is 68.2 cm³/mol. The van der Waals surface area contributed by atoms with Crippen LogP contribution in [0, 0.1) is 0 Å². The van der Waals surface area contributed by atoms with Gasteiger partial charge in [-0.1, -0.05) is 0 Å². The maximum absolute atomic E-state index is 9.42. The Morgan fingerprint density at radius 3 is 2.59 bits per heavy atom. The Kier molecular flexibility index (Phi) is 7.04. The van der Waals surface area contributed by atoms with Crippen molar-refractivity contribution in [1.82, 2.24) is 5.32 Å². The summed E-state index contributed by atoms with van der Waals surface area (Å²) in [7, 11) is 1.68. The van der Waals surface area contributed by atoms with E-state index in [4.69, 9.17) is 9.47 Å². The van der Waals surface area contributed by atoms with Gasteiger partial charge >= 0.3 is 0 Å². The van der Waals surface area contributed by atoms with Gasteiger partial charge < -0.3 is 19.9 Å². The van der Waals surface area contributed by atoms with E-state index in [1.54, 1.807) is 7.11 Å². The summed E-state index contributed by atoms with van der Waals surface area (Å²) >= 11 is 0. The molecule has 0 aliphatic heterocycles. The smallest absolute Gasteiger partial charge is 0.0700 e. The highest BCUT2D eigenvalue weighted by atomic mass is 16.5. The van der Waals surface area contributed by atoms with Crippen LogP contribution < -0.4 is 5.32 Å². The monoisotopic (exact) mass is 245 g/mol. The summed E-state index contributed by atoms with van der Waals surface area (Å²) in [4.78, 5) is 0. The molecular formula is C13H27NO3. The molecule has 1 fully saturated rings. The number of aliphatic hydroxyl groups is 1. The average molecular weight is 245 g/mol. The molecule has 0 spiro atoms. The third kappa shape index (κ3) is 6.99. The van der Waals surface area contributed by atoms with Crippen LogP contribution >= 0.6 is 0 Å². The van der Waals surface area contributed by atoms with Crippen LogP contribution in [0.5, 0.6) is 0 Å². The molecule has 0 bridgehead atoms. The minimum absolute atomic E-state index is 0.103. The van der Waals surface area contributed by atoms with Gasteiger partial charge in [-0.05, 0) is 39.0 Å². The molecule has 0 heterocycles. The Hall–Kier alpha value is -0.160. The molecule has 1 unspecified atom stereocenters. The molecule has 4 heteroatoms. The van der Waals surface area contributed by atoms with E-state index in [1.807, 2.05) is 0 Å². The van der Waals surface area contributed by atoms with Crippen LogP contribution in [0.4, 0.5) is 0 Å². The molecule has 0 saturated heterocycles. The van der Waals surface area contributed by atoms with E-state index in [9.17, 15) is 5.11 Å². The van der Waals surface area contributed by atoms with E-state index < -0.39 is 0 Å². The van der Waals surface area contributed by atoms with E-state index in [2.05, 4.69) is 12.2 Å². The van der Waals surface area contributed by atoms with Crippen molar-refractivity contribution in [2.24, 2.45) is 0 Å². The third-order valence-corrected chi connectivity index (χ3v) is 3.18. The first-order valence-corrected chi connectivity index (χ1v) is 6.65. The molecule has 1 aliphatic carbocycles. The van der Waals surface area contributed by atoms with Gasteiger partial charge in [-0.3, -0.25) is 0 Å². The van der Waals surface area contributed by atoms with Crippen molar-refractivity contribution in [3.05, 3.63) is 0 Å². The van der Waals surface area contributed by atoms with Gasteiger partial charge in [0.15, 0.2) is 0 Å². The highest BCUT2D eigenvalue weighted by molar-refractivity contribution is 4.92. The second-order valence-corrected chi connectivity index (χ2v) is 5.20. The van der Waals surface area contributed by atoms with Crippen LogP contribution in [0.15, 0.2) is 0 Å². The molecule has 102 valence electrons. The molecule has 1 atom stereocenters. The number of ether oxygens (including phenoxy) is 2. The Labute approximate surface area is 105 Å². The highest BCUT2D eigenvalue weighted by Gasteiger charge is 2.31. The second-order valence-electron chi connectivity index (χ2n) is 5.20. The van der Waals surface area contributed by atoms with Crippen molar-refractivity contribution < 1.29 is 14.6 Å². The summed E-state index contributed by atoms with van der Waals surface area (Å²) in [6.45, 7) is 4.45. The quantitative estimate of drug-likeness (QED) is 0.539. The average Bonchev–Trinajstić information content (AvgIpc) is 3.12. The zero-order chi connectivity index (χ0) is 12.6. The van der Waals surface area contributed by atoms with Crippen LogP contribution in [0.1, 0.15) is 39.0 Å². The number of rotatable bonds is 11. The van der Waals surface area contributed by atoms with E-state index in [-0.39, 0.29) is 12.1 Å². The van der Waals surface area contributed by atoms with Gasteiger partial charge in [0.25, 0.3) is 0 Å². The van der Waals surface area contributed by atoms with Gasteiger partial charge in [-0.25, -0.2) is 0 Å². The maximum atomic E-state index is 9.42. The Balaban J connectivity index is 1.98. The Morgan fingerprint density at radius 1 is 1.24 bits per heavy atom. The van der Waals surface area contributed by atoms with Crippen molar-refractivity contribution in [2.75, 3.05) is 33.5 Å². The van der Waals surface area contributed by atoms with Gasteiger partial charge in [0, 0.05) is 25.3 Å². The first-order chi connectivity index (χ1) is 8.20. The first kappa shape index (κ1) is 14.9. The van der Waals surface area contributed by atoms with E-state index in [0.29, 0.717) is 19.3 Å². The van der Waals surface area contributed by atoms with Crippen molar-refractivity contribution in [1.29, 1.82) is 0 Å². The number of hydrogen-bond acceptors (Lipinski definition) is 4. The molecule has 0 aromatic rings. The summed E-state index contributed by atoms with van der Waals surface area (Å²) in [5.74, 6) is 0. The number of hydrogen-bond donors (Lipinski definition) is 2. The van der Waals surface area contributed by atoms with Crippen molar-refractivity contribution in [3.8, 4) is 0 Å². The SMILES string of the molecule is COCCOCCCCC(C)(CO)NC1CC1. The normalized spacial score (nSPS) is 19.2. The maximum Gasteiger partial charge on any atom is 0.0700 e. The predicted octanol–water partition coefficient (Wildman–Crippen LogP) is 1.32. The summed E-state index contributed by atoms with van der Waals surface area (Å²) < 4.78 is 10.3. The Bertz CT molecular complexity index is 197. The van der Waals surface area contributed by atoms with Gasteiger partial charge in [0.2, 0.25) is 0 Å². The lowest BCUT2D eigenvalue weighted by Crippen LogP contribution is -2.46. The summed E-state index contributed by atoms with van der Waals surface area (Å²) in [6, 6.07) is 0.644. The van der Waals surface area contributed by atoms with Crippen LogP contribution in [0.2, 0.25) is 0 Å². The van der Waals surface area contributed by atoms with E-state index >= 15 is 0 Å². The molecule has 0 aromatic heterocycles. The van der Waals surface area contributed by atoms with Crippen LogP contribution in [0.25, 0.3) is 0 Å². The largest absolute Gasteiger partial charge is 0.394 e. The van der Waals surface area contributed by atoms with Crippen molar-refractivity contribution in [2.45, 2.75) is 50.6 Å². The standard InChI is InChI=1S/C13H27NO3/c1-13(11-15,14-12-5-6-12)7-3-4-8-17-10-9-16-2/h12,14-15H,3-11H2,1-2H3. The molecule has 1 rings (SSSR count). The second kappa shape index (κ2) is 8.03. The van der Waals surface area contributed by atoms with Crippen LogP contribution in [-0.2, 0) is 9.47 Å². The third-order valence-electron chi connectivity index (χ3n) is 3.18. The van der Waals surface area contributed by atoms with Gasteiger partial charge in [-0.15, -0.1) is 0 Å². The lowest BCUT2D eigenvalue weighted by Gasteiger charge is -2.29. The number of aliphatic hydroxyl groups excluding tert-OH is 1. The fourth-order valence-electron chi connectivity index (χ4n) is 1.88. The summed E-state index contributed by atoms with van der Waals surface area (Å²) in [5, 5.41) is 12.9. The number of methoxy groups -OCH3 is 1. The summed E-state index contributed by atoms with van der Waals surface area (Å²) in [6.07, 6.45) is 5.66. The Morgan fingerprint density at radius 2 is 2.00 bits per heavy atom. The molecule has 1 aliphatic rings. The van der Waals surface area contributed by atoms with Crippen LogP contribution in [0.3, 0.4) is 0 Å². The number of nitrogens with one attached hydrogen (secondary N) is 1. The molecule has 1 saturated carbocycles. The highest BCUT2D eigenvalue weighted by Crippen LogP contribution is 2.24. The molecule has 0 amide bonds. The number of unbranched alkanes of at least 4 members (excludes halogenated alkanes) is 1. The van der Waals surface area contributed by atoms with Crippen LogP contribution in [-0.4, -0.2) is 50.2 Å². The minimum atomic E-state index is -0.103.